The van der Waals surface area contributed by atoms with Crippen LogP contribution in [0.3, 0.4) is 0 Å². The Bertz CT molecular complexity index is 1210. The number of ether oxygens (including phenoxy) is 1. The third-order valence-corrected chi connectivity index (χ3v) is 8.00. The van der Waals surface area contributed by atoms with Crippen LogP contribution in [-0.4, -0.2) is 80.9 Å². The molecule has 198 valence electrons. The Morgan fingerprint density at radius 3 is 2.54 bits per heavy atom. The summed E-state index contributed by atoms with van der Waals surface area (Å²) in [5.41, 5.74) is 3.04. The van der Waals surface area contributed by atoms with Crippen molar-refractivity contribution in [3.05, 3.63) is 35.7 Å². The molecule has 0 spiro atoms. The van der Waals surface area contributed by atoms with Crippen LogP contribution in [0.4, 0.5) is 17.5 Å². The molecule has 37 heavy (non-hydrogen) atoms. The van der Waals surface area contributed by atoms with Gasteiger partial charge in [0.25, 0.3) is 0 Å². The second kappa shape index (κ2) is 10.6. The molecule has 6 heterocycles. The highest BCUT2D eigenvalue weighted by molar-refractivity contribution is 5.91. The van der Waals surface area contributed by atoms with Gasteiger partial charge >= 0.3 is 0 Å². The lowest BCUT2D eigenvalue weighted by Crippen LogP contribution is -2.48. The van der Waals surface area contributed by atoms with Crippen molar-refractivity contribution in [2.45, 2.75) is 71.1 Å². The number of nitrogens with one attached hydrogen (secondary N) is 3. The fraction of sp³-hybridized carbons (Fsp3) is 0.607. The average molecular weight is 505 g/mol. The highest BCUT2D eigenvalue weighted by Crippen LogP contribution is 2.38. The first-order chi connectivity index (χ1) is 18.0. The number of pyridine rings is 2. The van der Waals surface area contributed by atoms with Crippen molar-refractivity contribution in [3.63, 3.8) is 0 Å². The van der Waals surface area contributed by atoms with Gasteiger partial charge in [0, 0.05) is 67.5 Å². The maximum Gasteiger partial charge on any atom is 0.153 e. The molecule has 6 rings (SSSR count). The van der Waals surface area contributed by atoms with Crippen molar-refractivity contribution in [2.75, 3.05) is 43.5 Å². The van der Waals surface area contributed by atoms with Crippen LogP contribution < -0.4 is 10.6 Å². The van der Waals surface area contributed by atoms with E-state index in [9.17, 15) is 0 Å². The quantitative estimate of drug-likeness (QED) is 0.418. The Morgan fingerprint density at radius 2 is 1.84 bits per heavy atom. The number of nitrogens with zero attached hydrogens (tertiary/aromatic N) is 5. The molecule has 3 atom stereocenters. The number of piperidine rings is 1. The molecule has 3 aromatic heterocycles. The van der Waals surface area contributed by atoms with E-state index in [0.717, 1.165) is 72.6 Å². The van der Waals surface area contributed by atoms with Gasteiger partial charge in [0.1, 0.15) is 11.6 Å². The Balaban J connectivity index is 1.27. The Kier molecular flexibility index (Phi) is 7.01. The number of rotatable bonds is 8. The van der Waals surface area contributed by atoms with E-state index in [0.29, 0.717) is 24.0 Å². The predicted octanol–water partition coefficient (Wildman–Crippen LogP) is 4.30. The SMILES string of the molecule is Cc1cc(Nc2cc3nc(CN4CCOCC4)ccc3c(NC3C[C@H]4CC[C@@H](C3)N4CC(C)C)n2)n[nH]1. The van der Waals surface area contributed by atoms with E-state index in [2.05, 4.69) is 56.6 Å². The molecule has 3 saturated heterocycles. The molecule has 9 nitrogen and oxygen atoms in total. The van der Waals surface area contributed by atoms with E-state index in [1.807, 2.05) is 19.1 Å². The zero-order chi connectivity index (χ0) is 25.4. The molecule has 3 aromatic rings. The van der Waals surface area contributed by atoms with Crippen molar-refractivity contribution in [2.24, 2.45) is 5.92 Å². The third-order valence-electron chi connectivity index (χ3n) is 8.00. The smallest absolute Gasteiger partial charge is 0.153 e. The molecule has 3 aliphatic heterocycles. The molecular weight excluding hydrogens is 464 g/mol. The molecule has 0 radical (unpaired) electrons. The number of H-pyrrole nitrogens is 1. The van der Waals surface area contributed by atoms with Crippen LogP contribution in [0.25, 0.3) is 10.9 Å². The van der Waals surface area contributed by atoms with Gasteiger partial charge in [0.05, 0.1) is 24.4 Å². The first-order valence-corrected chi connectivity index (χ1v) is 13.9. The van der Waals surface area contributed by atoms with E-state index >= 15 is 0 Å². The lowest BCUT2D eigenvalue weighted by molar-refractivity contribution is 0.0337. The van der Waals surface area contributed by atoms with Crippen LogP contribution in [0.1, 0.15) is 50.9 Å². The van der Waals surface area contributed by atoms with Gasteiger partial charge < -0.3 is 15.4 Å². The first kappa shape index (κ1) is 24.6. The van der Waals surface area contributed by atoms with Crippen molar-refractivity contribution in [1.29, 1.82) is 0 Å². The number of fused-ring (bicyclic) bond motifs is 3. The summed E-state index contributed by atoms with van der Waals surface area (Å²) >= 11 is 0. The topological polar surface area (TPSA) is 94.2 Å². The summed E-state index contributed by atoms with van der Waals surface area (Å²) in [5, 5.41) is 15.7. The van der Waals surface area contributed by atoms with Crippen LogP contribution in [0.15, 0.2) is 24.3 Å². The second-order valence-electron chi connectivity index (χ2n) is 11.5. The van der Waals surface area contributed by atoms with Crippen molar-refractivity contribution in [1.82, 2.24) is 30.0 Å². The van der Waals surface area contributed by atoms with Crippen LogP contribution in [0.2, 0.25) is 0 Å². The number of aromatic amines is 1. The Morgan fingerprint density at radius 1 is 1.05 bits per heavy atom. The fourth-order valence-electron chi connectivity index (χ4n) is 6.34. The third kappa shape index (κ3) is 5.58. The monoisotopic (exact) mass is 504 g/mol. The maximum absolute atomic E-state index is 5.52. The fourth-order valence-corrected chi connectivity index (χ4v) is 6.34. The van der Waals surface area contributed by atoms with Gasteiger partial charge in [-0.05, 0) is 50.7 Å². The summed E-state index contributed by atoms with van der Waals surface area (Å²) in [7, 11) is 0. The van der Waals surface area contributed by atoms with Gasteiger partial charge in [0.15, 0.2) is 5.82 Å². The summed E-state index contributed by atoms with van der Waals surface area (Å²) in [4.78, 5) is 15.3. The second-order valence-corrected chi connectivity index (χ2v) is 11.5. The van der Waals surface area contributed by atoms with E-state index in [1.54, 1.807) is 0 Å². The Labute approximate surface area is 219 Å². The summed E-state index contributed by atoms with van der Waals surface area (Å²) in [5.74, 6) is 3.15. The van der Waals surface area contributed by atoms with Gasteiger partial charge in [-0.25, -0.2) is 4.98 Å². The number of anilines is 3. The summed E-state index contributed by atoms with van der Waals surface area (Å²) in [6, 6.07) is 10.2. The van der Waals surface area contributed by atoms with Gasteiger partial charge in [-0.15, -0.1) is 0 Å². The number of hydrogen-bond donors (Lipinski definition) is 3. The summed E-state index contributed by atoms with van der Waals surface area (Å²) in [6.07, 6.45) is 4.98. The molecular formula is C28H40N8O. The van der Waals surface area contributed by atoms with Gasteiger partial charge in [-0.2, -0.15) is 5.10 Å². The maximum atomic E-state index is 5.52. The molecule has 3 aliphatic rings. The van der Waals surface area contributed by atoms with Gasteiger partial charge in [0.2, 0.25) is 0 Å². The predicted molar refractivity (Wildman–Crippen MR) is 147 cm³/mol. The Hall–Kier alpha value is -2.75. The molecule has 2 bridgehead atoms. The van der Waals surface area contributed by atoms with Gasteiger partial charge in [-0.3, -0.25) is 19.9 Å². The van der Waals surface area contributed by atoms with Crippen LogP contribution in [-0.2, 0) is 11.3 Å². The molecule has 3 N–H and O–H groups in total. The average Bonchev–Trinajstić information content (AvgIpc) is 3.37. The molecule has 1 unspecified atom stereocenters. The number of hydrogen-bond acceptors (Lipinski definition) is 8. The van der Waals surface area contributed by atoms with Crippen LogP contribution in [0.5, 0.6) is 0 Å². The molecule has 3 fully saturated rings. The lowest BCUT2D eigenvalue weighted by atomic mass is 9.96. The molecule has 0 amide bonds. The minimum absolute atomic E-state index is 0.424. The molecule has 0 aromatic carbocycles. The minimum Gasteiger partial charge on any atom is -0.379 e. The van der Waals surface area contributed by atoms with E-state index in [1.165, 1.54) is 32.2 Å². The highest BCUT2D eigenvalue weighted by atomic mass is 16.5. The zero-order valence-electron chi connectivity index (χ0n) is 22.3. The minimum atomic E-state index is 0.424. The number of aromatic nitrogens is 4. The van der Waals surface area contributed by atoms with E-state index in [4.69, 9.17) is 14.7 Å². The molecule has 0 saturated carbocycles. The van der Waals surface area contributed by atoms with Gasteiger partial charge in [-0.1, -0.05) is 13.8 Å². The normalized spacial score (nSPS) is 24.7. The van der Waals surface area contributed by atoms with Crippen LogP contribution in [0, 0.1) is 12.8 Å². The number of aryl methyl sites for hydroxylation is 1. The van der Waals surface area contributed by atoms with Crippen molar-refractivity contribution in [3.8, 4) is 0 Å². The van der Waals surface area contributed by atoms with Crippen LogP contribution >= 0.6 is 0 Å². The molecule has 9 heteroatoms. The molecule has 0 aliphatic carbocycles. The van der Waals surface area contributed by atoms with E-state index in [-0.39, 0.29) is 0 Å². The van der Waals surface area contributed by atoms with Crippen molar-refractivity contribution >= 4 is 28.4 Å². The van der Waals surface area contributed by atoms with Crippen molar-refractivity contribution < 1.29 is 4.74 Å². The van der Waals surface area contributed by atoms with E-state index < -0.39 is 0 Å². The summed E-state index contributed by atoms with van der Waals surface area (Å²) in [6.45, 7) is 12.2. The lowest BCUT2D eigenvalue weighted by Gasteiger charge is -2.40. The first-order valence-electron chi connectivity index (χ1n) is 13.9. The summed E-state index contributed by atoms with van der Waals surface area (Å²) < 4.78 is 5.52. The zero-order valence-corrected chi connectivity index (χ0v) is 22.3. The largest absolute Gasteiger partial charge is 0.379 e. The standard InChI is InChI=1S/C28H40N8O/c1-18(2)16-36-22-5-6-23(36)14-21(13-22)30-28-24-7-4-20(17-35-8-10-37-11-9-35)29-25(24)15-26(32-28)31-27-12-19(3)33-34-27/h4,7,12,15,18,21-23H,5-6,8-11,13-14,16-17H2,1-3H3,(H3,30,31,32,33,34)/t21?,22-,23+. The number of morpholine rings is 1. The highest BCUT2D eigenvalue weighted by Gasteiger charge is 2.40.